The highest BCUT2D eigenvalue weighted by atomic mass is 35.5. The van der Waals surface area contributed by atoms with Crippen molar-refractivity contribution in [3.05, 3.63) is 53.1 Å². The first kappa shape index (κ1) is 11.2. The van der Waals surface area contributed by atoms with Crippen LogP contribution in [0.4, 0.5) is 0 Å². The minimum atomic E-state index is -0.0986. The first-order valence-electron chi connectivity index (χ1n) is 5.14. The number of hydrogen-bond donors (Lipinski definition) is 1. The van der Waals surface area contributed by atoms with Gasteiger partial charge >= 0.3 is 0 Å². The minimum absolute atomic E-state index is 0.0986. The molecule has 0 spiro atoms. The molecule has 2 N–H and O–H groups in total. The van der Waals surface area contributed by atoms with Crippen molar-refractivity contribution in [2.45, 2.75) is 12.5 Å². The van der Waals surface area contributed by atoms with Crippen LogP contribution in [0.15, 0.2) is 36.7 Å². The number of hydrogen-bond acceptors (Lipinski definition) is 2. The first-order chi connectivity index (χ1) is 7.66. The zero-order valence-corrected chi connectivity index (χ0v) is 9.85. The molecule has 1 aromatic carbocycles. The van der Waals surface area contributed by atoms with E-state index in [0.717, 1.165) is 22.8 Å². The van der Waals surface area contributed by atoms with Crippen molar-refractivity contribution in [1.29, 1.82) is 0 Å². The maximum Gasteiger partial charge on any atom is 0.125 e. The van der Waals surface area contributed by atoms with Crippen LogP contribution in [0.2, 0.25) is 5.02 Å². The van der Waals surface area contributed by atoms with E-state index in [1.54, 1.807) is 6.20 Å². The van der Waals surface area contributed by atoms with Crippen LogP contribution in [0.25, 0.3) is 0 Å². The topological polar surface area (TPSA) is 43.8 Å². The molecule has 1 heterocycles. The lowest BCUT2D eigenvalue weighted by atomic mass is 10.1. The van der Waals surface area contributed by atoms with Gasteiger partial charge in [0.05, 0.1) is 6.04 Å². The predicted octanol–water partition coefficient (Wildman–Crippen LogP) is 2.32. The Morgan fingerprint density at radius 2 is 2.31 bits per heavy atom. The zero-order valence-electron chi connectivity index (χ0n) is 9.10. The second kappa shape index (κ2) is 4.68. The molecule has 84 valence electrons. The molecule has 0 fully saturated rings. The summed E-state index contributed by atoms with van der Waals surface area (Å²) in [5.41, 5.74) is 7.22. The van der Waals surface area contributed by atoms with E-state index < -0.39 is 0 Å². The number of rotatable bonds is 3. The number of benzene rings is 1. The number of nitrogens with two attached hydrogens (primary N) is 1. The van der Waals surface area contributed by atoms with Gasteiger partial charge < -0.3 is 10.3 Å². The normalized spacial score (nSPS) is 12.7. The van der Waals surface area contributed by atoms with E-state index in [0.29, 0.717) is 0 Å². The Bertz CT molecular complexity index is 479. The molecule has 1 atom stereocenters. The van der Waals surface area contributed by atoms with E-state index in [1.165, 1.54) is 0 Å². The van der Waals surface area contributed by atoms with Gasteiger partial charge in [0.2, 0.25) is 0 Å². The van der Waals surface area contributed by atoms with Crippen LogP contribution in [0.5, 0.6) is 0 Å². The quantitative estimate of drug-likeness (QED) is 0.887. The standard InChI is InChI=1S/C12H14ClN3/c1-16-6-5-15-12(16)11(14)8-9-3-2-4-10(13)7-9/h2-7,11H,8,14H2,1H3. The molecular formula is C12H14ClN3. The average molecular weight is 236 g/mol. The van der Waals surface area contributed by atoms with Crippen LogP contribution in [0.3, 0.4) is 0 Å². The molecule has 0 bridgehead atoms. The smallest absolute Gasteiger partial charge is 0.125 e. The van der Waals surface area contributed by atoms with Gasteiger partial charge in [-0.1, -0.05) is 23.7 Å². The Balaban J connectivity index is 2.14. The van der Waals surface area contributed by atoms with Crippen molar-refractivity contribution >= 4 is 11.6 Å². The molecule has 2 aromatic rings. The summed E-state index contributed by atoms with van der Waals surface area (Å²) in [4.78, 5) is 4.24. The molecule has 2 rings (SSSR count). The summed E-state index contributed by atoms with van der Waals surface area (Å²) in [6, 6.07) is 7.65. The lowest BCUT2D eigenvalue weighted by molar-refractivity contribution is 0.632. The number of halogens is 1. The fourth-order valence-corrected chi connectivity index (χ4v) is 1.96. The van der Waals surface area contributed by atoms with Crippen LogP contribution in [0.1, 0.15) is 17.4 Å². The first-order valence-corrected chi connectivity index (χ1v) is 5.52. The number of aryl methyl sites for hydroxylation is 1. The third-order valence-corrected chi connectivity index (χ3v) is 2.77. The Kier molecular flexibility index (Phi) is 3.27. The van der Waals surface area contributed by atoms with Crippen LogP contribution in [-0.4, -0.2) is 9.55 Å². The molecule has 4 heteroatoms. The Morgan fingerprint density at radius 1 is 1.50 bits per heavy atom. The van der Waals surface area contributed by atoms with Crippen molar-refractivity contribution in [3.63, 3.8) is 0 Å². The van der Waals surface area contributed by atoms with E-state index >= 15 is 0 Å². The second-order valence-electron chi connectivity index (χ2n) is 3.84. The summed E-state index contributed by atoms with van der Waals surface area (Å²) in [5.74, 6) is 0.889. The van der Waals surface area contributed by atoms with Gasteiger partial charge in [-0.3, -0.25) is 0 Å². The van der Waals surface area contributed by atoms with E-state index in [9.17, 15) is 0 Å². The van der Waals surface area contributed by atoms with Gasteiger partial charge in [0.15, 0.2) is 0 Å². The molecule has 0 radical (unpaired) electrons. The highest BCUT2D eigenvalue weighted by Crippen LogP contribution is 2.17. The summed E-state index contributed by atoms with van der Waals surface area (Å²) in [7, 11) is 1.94. The average Bonchev–Trinajstić information content (AvgIpc) is 2.64. The molecule has 0 aliphatic carbocycles. The highest BCUT2D eigenvalue weighted by Gasteiger charge is 2.11. The maximum absolute atomic E-state index is 6.10. The molecule has 1 aromatic heterocycles. The Hall–Kier alpha value is -1.32. The molecule has 0 aliphatic rings. The number of nitrogens with zero attached hydrogens (tertiary/aromatic N) is 2. The Morgan fingerprint density at radius 3 is 2.94 bits per heavy atom. The van der Waals surface area contributed by atoms with Crippen molar-refractivity contribution in [1.82, 2.24) is 9.55 Å². The van der Waals surface area contributed by atoms with Crippen LogP contribution < -0.4 is 5.73 Å². The molecule has 16 heavy (non-hydrogen) atoms. The second-order valence-corrected chi connectivity index (χ2v) is 4.27. The SMILES string of the molecule is Cn1ccnc1C(N)Cc1cccc(Cl)c1. The van der Waals surface area contributed by atoms with Crippen molar-refractivity contribution in [2.75, 3.05) is 0 Å². The van der Waals surface area contributed by atoms with E-state index in [2.05, 4.69) is 4.98 Å². The molecule has 0 amide bonds. The number of aromatic nitrogens is 2. The zero-order chi connectivity index (χ0) is 11.5. The van der Waals surface area contributed by atoms with Gasteiger partial charge in [-0.2, -0.15) is 0 Å². The predicted molar refractivity (Wildman–Crippen MR) is 65.3 cm³/mol. The fraction of sp³-hybridized carbons (Fsp3) is 0.250. The van der Waals surface area contributed by atoms with Crippen molar-refractivity contribution < 1.29 is 0 Å². The molecule has 3 nitrogen and oxygen atoms in total. The lowest BCUT2D eigenvalue weighted by Crippen LogP contribution is -2.17. The molecule has 0 saturated heterocycles. The van der Waals surface area contributed by atoms with Gasteiger partial charge in [0, 0.05) is 24.5 Å². The van der Waals surface area contributed by atoms with Crippen LogP contribution in [0, 0.1) is 0 Å². The molecular weight excluding hydrogens is 222 g/mol. The minimum Gasteiger partial charge on any atom is -0.337 e. The van der Waals surface area contributed by atoms with Gasteiger partial charge in [-0.05, 0) is 24.1 Å². The van der Waals surface area contributed by atoms with Crippen molar-refractivity contribution in [3.8, 4) is 0 Å². The van der Waals surface area contributed by atoms with Gasteiger partial charge in [-0.25, -0.2) is 4.98 Å². The van der Waals surface area contributed by atoms with Crippen LogP contribution in [-0.2, 0) is 13.5 Å². The largest absolute Gasteiger partial charge is 0.337 e. The maximum atomic E-state index is 6.10. The number of imidazole rings is 1. The van der Waals surface area contributed by atoms with Gasteiger partial charge in [0.25, 0.3) is 0 Å². The van der Waals surface area contributed by atoms with Gasteiger partial charge in [0.1, 0.15) is 5.82 Å². The van der Waals surface area contributed by atoms with E-state index in [1.807, 2.05) is 42.1 Å². The third kappa shape index (κ3) is 2.43. The van der Waals surface area contributed by atoms with Crippen LogP contribution >= 0.6 is 11.6 Å². The summed E-state index contributed by atoms with van der Waals surface area (Å²) < 4.78 is 1.94. The molecule has 0 saturated carbocycles. The lowest BCUT2D eigenvalue weighted by Gasteiger charge is -2.11. The molecule has 0 aliphatic heterocycles. The van der Waals surface area contributed by atoms with E-state index in [4.69, 9.17) is 17.3 Å². The summed E-state index contributed by atoms with van der Waals surface area (Å²) >= 11 is 5.92. The third-order valence-electron chi connectivity index (χ3n) is 2.53. The monoisotopic (exact) mass is 235 g/mol. The Labute approximate surface area is 99.9 Å². The van der Waals surface area contributed by atoms with E-state index in [-0.39, 0.29) is 6.04 Å². The summed E-state index contributed by atoms with van der Waals surface area (Å²) in [5, 5.41) is 0.740. The van der Waals surface area contributed by atoms with Gasteiger partial charge in [-0.15, -0.1) is 0 Å². The summed E-state index contributed by atoms with van der Waals surface area (Å²) in [6.07, 6.45) is 4.39. The summed E-state index contributed by atoms with van der Waals surface area (Å²) in [6.45, 7) is 0. The molecule has 1 unspecified atom stereocenters. The van der Waals surface area contributed by atoms with Crippen molar-refractivity contribution in [2.24, 2.45) is 12.8 Å². The fourth-order valence-electron chi connectivity index (χ4n) is 1.74. The highest BCUT2D eigenvalue weighted by molar-refractivity contribution is 6.30.